The molecule has 1 aliphatic heterocycles. The Kier molecular flexibility index (Phi) is 5.02. The van der Waals surface area contributed by atoms with Crippen molar-refractivity contribution in [2.75, 3.05) is 10.2 Å². The lowest BCUT2D eigenvalue weighted by atomic mass is 10.1. The van der Waals surface area contributed by atoms with Gasteiger partial charge < -0.3 is 10.4 Å². The molecule has 3 aromatic rings. The van der Waals surface area contributed by atoms with Crippen LogP contribution in [-0.2, 0) is 0 Å². The van der Waals surface area contributed by atoms with Crippen molar-refractivity contribution in [1.29, 1.82) is 0 Å². The van der Waals surface area contributed by atoms with Crippen LogP contribution in [0.25, 0.3) is 0 Å². The molecule has 0 bridgehead atoms. The van der Waals surface area contributed by atoms with Crippen LogP contribution in [0.2, 0.25) is 0 Å². The van der Waals surface area contributed by atoms with Crippen molar-refractivity contribution in [2.45, 2.75) is 0 Å². The number of anilines is 2. The average Bonchev–Trinajstić information content (AvgIpc) is 3.05. The molecule has 2 N–H and O–H groups in total. The molecule has 0 aliphatic carbocycles. The standard InChI is InChI=1S/C21H12N4O8/c26-17-8-7-13(24(30)31)10-15(17)22-19(27)11-3-1-4-12(9-11)23-20(28)14-5-2-6-16(25(32)33)18(14)21(23)29/h1-10,26H,(H,22,27). The van der Waals surface area contributed by atoms with E-state index in [0.29, 0.717) is 0 Å². The summed E-state index contributed by atoms with van der Waals surface area (Å²) in [5.74, 6) is -2.88. The first-order chi connectivity index (χ1) is 15.7. The Morgan fingerprint density at radius 1 is 0.909 bits per heavy atom. The van der Waals surface area contributed by atoms with Crippen LogP contribution in [0.5, 0.6) is 5.75 Å². The minimum absolute atomic E-state index is 0.00795. The number of rotatable bonds is 5. The van der Waals surface area contributed by atoms with Gasteiger partial charge >= 0.3 is 0 Å². The third kappa shape index (κ3) is 3.61. The highest BCUT2D eigenvalue weighted by atomic mass is 16.6. The van der Waals surface area contributed by atoms with Crippen molar-refractivity contribution >= 4 is 40.5 Å². The largest absolute Gasteiger partial charge is 0.506 e. The zero-order valence-corrected chi connectivity index (χ0v) is 16.4. The predicted octanol–water partition coefficient (Wildman–Crippen LogP) is 3.26. The van der Waals surface area contributed by atoms with E-state index in [0.717, 1.165) is 29.2 Å². The fourth-order valence-electron chi connectivity index (χ4n) is 3.37. The molecule has 0 fully saturated rings. The normalized spacial score (nSPS) is 12.4. The minimum Gasteiger partial charge on any atom is -0.506 e. The summed E-state index contributed by atoms with van der Waals surface area (Å²) >= 11 is 0. The van der Waals surface area contributed by atoms with Crippen molar-refractivity contribution in [3.8, 4) is 5.75 Å². The van der Waals surface area contributed by atoms with Crippen LogP contribution in [0, 0.1) is 20.2 Å². The van der Waals surface area contributed by atoms with Crippen molar-refractivity contribution in [1.82, 2.24) is 0 Å². The molecule has 12 heteroatoms. The van der Waals surface area contributed by atoms with Crippen LogP contribution in [0.1, 0.15) is 31.1 Å². The monoisotopic (exact) mass is 448 g/mol. The first-order valence-corrected chi connectivity index (χ1v) is 9.24. The number of phenolic OH excluding ortho intramolecular Hbond substituents is 1. The molecule has 0 saturated carbocycles. The summed E-state index contributed by atoms with van der Waals surface area (Å²) in [6.07, 6.45) is 0. The zero-order chi connectivity index (χ0) is 23.9. The van der Waals surface area contributed by atoms with Crippen LogP contribution in [-0.4, -0.2) is 32.7 Å². The molecule has 12 nitrogen and oxygen atoms in total. The molecule has 1 aliphatic rings. The Morgan fingerprint density at radius 3 is 2.33 bits per heavy atom. The summed E-state index contributed by atoms with van der Waals surface area (Å²) in [7, 11) is 0. The quantitative estimate of drug-likeness (QED) is 0.259. The SMILES string of the molecule is O=C(Nc1cc([N+](=O)[O-])ccc1O)c1cccc(N2C(=O)c3cccc([N+](=O)[O-])c3C2=O)c1. The number of nitrogens with one attached hydrogen (secondary N) is 1. The van der Waals surface area contributed by atoms with E-state index in [1.807, 2.05) is 0 Å². The maximum Gasteiger partial charge on any atom is 0.283 e. The van der Waals surface area contributed by atoms with E-state index >= 15 is 0 Å². The highest BCUT2D eigenvalue weighted by Gasteiger charge is 2.41. The number of hydrogen-bond acceptors (Lipinski definition) is 8. The lowest BCUT2D eigenvalue weighted by Gasteiger charge is -2.15. The smallest absolute Gasteiger partial charge is 0.283 e. The number of benzene rings is 3. The van der Waals surface area contributed by atoms with Gasteiger partial charge in [-0.2, -0.15) is 0 Å². The fraction of sp³-hybridized carbons (Fsp3) is 0. The third-order valence-corrected chi connectivity index (χ3v) is 4.90. The number of aromatic hydroxyl groups is 1. The first-order valence-electron chi connectivity index (χ1n) is 9.24. The number of phenols is 1. The molecular weight excluding hydrogens is 436 g/mol. The topological polar surface area (TPSA) is 173 Å². The Morgan fingerprint density at radius 2 is 1.64 bits per heavy atom. The summed E-state index contributed by atoms with van der Waals surface area (Å²) < 4.78 is 0. The Hall–Kier alpha value is -5.13. The van der Waals surface area contributed by atoms with Crippen molar-refractivity contribution < 1.29 is 29.3 Å². The van der Waals surface area contributed by atoms with Gasteiger partial charge in [0.15, 0.2) is 0 Å². The summed E-state index contributed by atoms with van der Waals surface area (Å²) in [6.45, 7) is 0. The Labute approximate surface area is 184 Å². The maximum absolute atomic E-state index is 12.9. The summed E-state index contributed by atoms with van der Waals surface area (Å²) in [5, 5.41) is 34.4. The summed E-state index contributed by atoms with van der Waals surface area (Å²) in [4.78, 5) is 59.8. The van der Waals surface area contributed by atoms with Crippen LogP contribution >= 0.6 is 0 Å². The maximum atomic E-state index is 12.9. The number of nitrogens with zero attached hydrogens (tertiary/aromatic N) is 3. The number of carbonyl (C=O) groups is 3. The summed E-state index contributed by atoms with van der Waals surface area (Å²) in [5.41, 5.74) is -1.60. The van der Waals surface area contributed by atoms with E-state index in [2.05, 4.69) is 5.32 Å². The molecule has 3 amide bonds. The van der Waals surface area contributed by atoms with E-state index < -0.39 is 39.0 Å². The van der Waals surface area contributed by atoms with E-state index in [1.165, 1.54) is 36.4 Å². The van der Waals surface area contributed by atoms with E-state index in [9.17, 15) is 39.7 Å². The molecule has 1 heterocycles. The van der Waals surface area contributed by atoms with E-state index in [1.54, 1.807) is 0 Å². The average molecular weight is 448 g/mol. The Bertz CT molecular complexity index is 1380. The number of amides is 3. The number of nitro groups is 2. The van der Waals surface area contributed by atoms with Gasteiger partial charge in [0, 0.05) is 23.8 Å². The molecule has 0 radical (unpaired) electrons. The number of hydrogen-bond donors (Lipinski definition) is 2. The van der Waals surface area contributed by atoms with Gasteiger partial charge in [0.2, 0.25) is 0 Å². The van der Waals surface area contributed by atoms with E-state index in [4.69, 9.17) is 0 Å². The van der Waals surface area contributed by atoms with Gasteiger partial charge in [0.05, 0.1) is 26.8 Å². The number of imide groups is 1. The lowest BCUT2D eigenvalue weighted by molar-refractivity contribution is -0.385. The highest BCUT2D eigenvalue weighted by molar-refractivity contribution is 6.35. The Balaban J connectivity index is 1.66. The van der Waals surface area contributed by atoms with Gasteiger partial charge in [-0.15, -0.1) is 0 Å². The van der Waals surface area contributed by atoms with Crippen LogP contribution in [0.15, 0.2) is 60.7 Å². The number of nitro benzene ring substituents is 2. The second-order valence-corrected chi connectivity index (χ2v) is 6.87. The molecule has 0 spiro atoms. The third-order valence-electron chi connectivity index (χ3n) is 4.90. The zero-order valence-electron chi connectivity index (χ0n) is 16.4. The molecule has 4 rings (SSSR count). The highest BCUT2D eigenvalue weighted by Crippen LogP contribution is 2.34. The van der Waals surface area contributed by atoms with Crippen molar-refractivity contribution in [3.05, 3.63) is 97.6 Å². The molecule has 0 unspecified atom stereocenters. The van der Waals surface area contributed by atoms with Crippen LogP contribution in [0.4, 0.5) is 22.7 Å². The predicted molar refractivity (Wildman–Crippen MR) is 113 cm³/mol. The molecule has 0 aromatic heterocycles. The minimum atomic E-state index is -0.906. The first kappa shape index (κ1) is 21.1. The van der Waals surface area contributed by atoms with Crippen LogP contribution < -0.4 is 10.2 Å². The second kappa shape index (κ2) is 7.85. The van der Waals surface area contributed by atoms with Gasteiger partial charge in [-0.1, -0.05) is 12.1 Å². The molecule has 0 atom stereocenters. The molecule has 0 saturated heterocycles. The van der Waals surface area contributed by atoms with Gasteiger partial charge in [-0.05, 0) is 30.3 Å². The summed E-state index contributed by atoms with van der Waals surface area (Å²) in [6, 6.07) is 12.1. The van der Waals surface area contributed by atoms with Crippen molar-refractivity contribution in [3.63, 3.8) is 0 Å². The van der Waals surface area contributed by atoms with Gasteiger partial charge in [0.25, 0.3) is 29.1 Å². The van der Waals surface area contributed by atoms with Gasteiger partial charge in [-0.25, -0.2) is 4.90 Å². The molecule has 33 heavy (non-hydrogen) atoms. The van der Waals surface area contributed by atoms with Crippen molar-refractivity contribution in [2.24, 2.45) is 0 Å². The number of carbonyl (C=O) groups excluding carboxylic acids is 3. The number of non-ortho nitro benzene ring substituents is 1. The molecular formula is C21H12N4O8. The molecule has 164 valence electrons. The lowest BCUT2D eigenvalue weighted by Crippen LogP contribution is -2.29. The number of fused-ring (bicyclic) bond motifs is 1. The second-order valence-electron chi connectivity index (χ2n) is 6.87. The molecule has 3 aromatic carbocycles. The van der Waals surface area contributed by atoms with E-state index in [-0.39, 0.29) is 33.8 Å². The van der Waals surface area contributed by atoms with Crippen LogP contribution in [0.3, 0.4) is 0 Å². The van der Waals surface area contributed by atoms with Gasteiger partial charge in [0.1, 0.15) is 11.3 Å². The van der Waals surface area contributed by atoms with Gasteiger partial charge in [-0.3, -0.25) is 34.6 Å². The fourth-order valence-corrected chi connectivity index (χ4v) is 3.37.